The summed E-state index contributed by atoms with van der Waals surface area (Å²) in [5.74, 6) is 0. The lowest BCUT2D eigenvalue weighted by Gasteiger charge is -2.21. The zero-order chi connectivity index (χ0) is 57.2. The molecule has 0 rings (SSSR count). The Bertz CT molecular complexity index is 991. The number of unbranched alkanes of at least 4 members (excludes halogenated alkanes) is 52. The van der Waals surface area contributed by atoms with Gasteiger partial charge in [-0.05, 0) is 51.4 Å². The molecule has 0 fully saturated rings. The molecule has 0 aliphatic heterocycles. The number of nitrogens with one attached hydrogen (secondary N) is 2. The molecule has 0 saturated heterocycles. The van der Waals surface area contributed by atoms with E-state index in [4.69, 9.17) is 17.5 Å². The Hall–Kier alpha value is -0.210. The Kier molecular flexibility index (Phi) is 73.7. The number of rotatable bonds is 62. The minimum Gasteiger partial charge on any atom is -0.759 e. The molecule has 0 aromatic rings. The highest BCUT2D eigenvalue weighted by Crippen LogP contribution is 2.19. The monoisotopic (exact) mass is 1110 g/mol. The molecule has 0 aromatic heterocycles. The van der Waals surface area contributed by atoms with E-state index in [0.717, 1.165) is 12.1 Å². The third kappa shape index (κ3) is 80.1. The molecule has 6 nitrogen and oxygen atoms in total. The lowest BCUT2D eigenvalue weighted by Crippen LogP contribution is -3.10. The first kappa shape index (κ1) is 81.0. The van der Waals surface area contributed by atoms with Gasteiger partial charge < -0.3 is 18.9 Å². The summed E-state index contributed by atoms with van der Waals surface area (Å²) in [6, 6.07) is 1.80. The third-order valence-corrected chi connectivity index (χ3v) is 17.3. The molecule has 0 amide bonds. The molecule has 468 valence electrons. The van der Waals surface area contributed by atoms with Crippen molar-refractivity contribution in [2.75, 3.05) is 28.2 Å². The number of quaternary nitrogens is 2. The van der Waals surface area contributed by atoms with Gasteiger partial charge in [-0.2, -0.15) is 0 Å². The average molecular weight is 1110 g/mol. The topological polar surface area (TPSA) is 89.1 Å². The van der Waals surface area contributed by atoms with Crippen LogP contribution in [0.3, 0.4) is 0 Å². The highest BCUT2D eigenvalue weighted by atomic mass is 32.3. The zero-order valence-electron chi connectivity index (χ0n) is 54.6. The first-order chi connectivity index (χ1) is 37.4. The van der Waals surface area contributed by atoms with Crippen molar-refractivity contribution in [3.05, 3.63) is 0 Å². The maximum atomic E-state index is 8.52. The summed E-state index contributed by atoms with van der Waals surface area (Å²) in [5, 5.41) is 0. The van der Waals surface area contributed by atoms with Crippen molar-refractivity contribution < 1.29 is 27.3 Å². The first-order valence-electron chi connectivity index (χ1n) is 35.7. The number of hydrogen-bond donors (Lipinski definition) is 2. The molecule has 0 radical (unpaired) electrons. The van der Waals surface area contributed by atoms with Gasteiger partial charge in [-0.15, -0.1) is 0 Å². The van der Waals surface area contributed by atoms with E-state index in [0.29, 0.717) is 0 Å². The first-order valence-corrected chi connectivity index (χ1v) is 37.0. The molecule has 0 unspecified atom stereocenters. The van der Waals surface area contributed by atoms with Gasteiger partial charge in [0.1, 0.15) is 0 Å². The van der Waals surface area contributed by atoms with E-state index in [2.05, 4.69) is 55.9 Å². The fourth-order valence-corrected chi connectivity index (χ4v) is 11.8. The predicted octanol–water partition coefficient (Wildman–Crippen LogP) is 21.1. The van der Waals surface area contributed by atoms with Crippen molar-refractivity contribution >= 4 is 10.4 Å². The molecular formula is C70H148N2O4S. The molecular weight excluding hydrogens is 965 g/mol. The van der Waals surface area contributed by atoms with Crippen molar-refractivity contribution in [1.29, 1.82) is 0 Å². The Morgan fingerprint density at radius 1 is 0.221 bits per heavy atom. The number of hydrogen-bond acceptors (Lipinski definition) is 4. The van der Waals surface area contributed by atoms with Crippen molar-refractivity contribution in [2.24, 2.45) is 0 Å². The molecule has 0 aromatic carbocycles. The fraction of sp³-hybridized carbons (Fsp3) is 1.00. The maximum absolute atomic E-state index is 8.52. The third-order valence-electron chi connectivity index (χ3n) is 17.3. The second-order valence-corrected chi connectivity index (χ2v) is 26.3. The van der Waals surface area contributed by atoms with Gasteiger partial charge >= 0.3 is 0 Å². The largest absolute Gasteiger partial charge is 0.759 e. The van der Waals surface area contributed by atoms with Crippen LogP contribution in [0.25, 0.3) is 0 Å². The van der Waals surface area contributed by atoms with E-state index in [1.165, 1.54) is 385 Å². The fourth-order valence-electron chi connectivity index (χ4n) is 11.8. The summed E-state index contributed by atoms with van der Waals surface area (Å²) in [6.07, 6.45) is 88.0. The predicted molar refractivity (Wildman–Crippen MR) is 343 cm³/mol. The Balaban J connectivity index is -0.00000130. The van der Waals surface area contributed by atoms with Crippen molar-refractivity contribution in [3.63, 3.8) is 0 Å². The molecule has 7 heteroatoms. The van der Waals surface area contributed by atoms with Gasteiger partial charge in [0.15, 0.2) is 0 Å². The summed E-state index contributed by atoms with van der Waals surface area (Å²) in [6.45, 7) is 9.23. The standard InChI is InChI=1S/2C35H73N.H2O4S/c2*1-5-7-9-11-13-15-17-19-21-23-25-27-29-31-33-35(36(3)4)34-32-30-28-26-24-22-20-18-16-14-12-10-8-6-2;1-5(2,3)4/h2*35H,5-34H2,1-4H3;(H2,1,2,3,4). The molecule has 0 heterocycles. The van der Waals surface area contributed by atoms with E-state index in [1.807, 2.05) is 0 Å². The Morgan fingerprint density at radius 2 is 0.312 bits per heavy atom. The lowest BCUT2D eigenvalue weighted by molar-refractivity contribution is -0.886. The van der Waals surface area contributed by atoms with Crippen LogP contribution >= 0.6 is 0 Å². The van der Waals surface area contributed by atoms with Crippen molar-refractivity contribution in [2.45, 2.75) is 425 Å². The van der Waals surface area contributed by atoms with Crippen LogP contribution in [-0.4, -0.2) is 57.8 Å². The second-order valence-electron chi connectivity index (χ2n) is 25.5. The van der Waals surface area contributed by atoms with Crippen LogP contribution in [-0.2, 0) is 10.4 Å². The summed E-state index contributed by atoms with van der Waals surface area (Å²) >= 11 is 0. The second kappa shape index (κ2) is 70.1. The summed E-state index contributed by atoms with van der Waals surface area (Å²) in [7, 11) is 4.38. The van der Waals surface area contributed by atoms with Gasteiger partial charge in [-0.25, -0.2) is 0 Å². The quantitative estimate of drug-likeness (QED) is 0.0361. The highest BCUT2D eigenvalue weighted by molar-refractivity contribution is 7.79. The van der Waals surface area contributed by atoms with Gasteiger partial charge in [0.2, 0.25) is 0 Å². The molecule has 0 bridgehead atoms. The smallest absolute Gasteiger partial charge is 0.0870 e. The van der Waals surface area contributed by atoms with E-state index in [1.54, 1.807) is 9.80 Å². The average Bonchev–Trinajstić information content (AvgIpc) is 3.39. The van der Waals surface area contributed by atoms with Crippen molar-refractivity contribution in [3.8, 4) is 0 Å². The van der Waals surface area contributed by atoms with Crippen LogP contribution in [0.15, 0.2) is 0 Å². The maximum Gasteiger partial charge on any atom is 0.0870 e. The van der Waals surface area contributed by atoms with Gasteiger partial charge in [-0.3, -0.25) is 8.42 Å². The molecule has 0 saturated carbocycles. The van der Waals surface area contributed by atoms with E-state index in [-0.39, 0.29) is 0 Å². The normalized spacial score (nSPS) is 11.8. The minimum atomic E-state index is -5.17. The molecule has 0 atom stereocenters. The van der Waals surface area contributed by atoms with Crippen LogP contribution in [0.5, 0.6) is 0 Å². The van der Waals surface area contributed by atoms with Gasteiger partial charge in [0.25, 0.3) is 0 Å². The molecule has 0 aliphatic rings. The zero-order valence-corrected chi connectivity index (χ0v) is 55.4. The summed E-state index contributed by atoms with van der Waals surface area (Å²) < 4.78 is 34.1. The van der Waals surface area contributed by atoms with Crippen LogP contribution in [0, 0.1) is 0 Å². The van der Waals surface area contributed by atoms with Crippen LogP contribution in [0.2, 0.25) is 0 Å². The molecule has 2 N–H and O–H groups in total. The van der Waals surface area contributed by atoms with Crippen LogP contribution in [0.1, 0.15) is 413 Å². The molecule has 77 heavy (non-hydrogen) atoms. The summed E-state index contributed by atoms with van der Waals surface area (Å²) in [5.41, 5.74) is 0. The minimum absolute atomic E-state index is 0.902. The van der Waals surface area contributed by atoms with Gasteiger partial charge in [0, 0.05) is 10.4 Å². The van der Waals surface area contributed by atoms with E-state index < -0.39 is 10.4 Å². The molecule has 0 aliphatic carbocycles. The van der Waals surface area contributed by atoms with Crippen LogP contribution in [0.4, 0.5) is 0 Å². The van der Waals surface area contributed by atoms with Gasteiger partial charge in [-0.1, -0.05) is 362 Å². The van der Waals surface area contributed by atoms with Crippen molar-refractivity contribution in [1.82, 2.24) is 0 Å². The SMILES string of the molecule is CCCCCCCCCCCCCCCCC(CCCCCCCCCCCCCCCC)[NH+](C)C.CCCCCCCCCCCCCCCCC(CCCCCCCCCCCCCCCC)[NH+](C)C.O=S(=O)([O-])[O-]. The highest BCUT2D eigenvalue weighted by Gasteiger charge is 2.15. The van der Waals surface area contributed by atoms with E-state index >= 15 is 0 Å². The van der Waals surface area contributed by atoms with Crippen LogP contribution < -0.4 is 9.80 Å². The Morgan fingerprint density at radius 3 is 0.403 bits per heavy atom. The van der Waals surface area contributed by atoms with Gasteiger partial charge in [0.05, 0.1) is 40.3 Å². The lowest BCUT2D eigenvalue weighted by atomic mass is 9.99. The Labute approximate surface area is 488 Å². The molecule has 0 spiro atoms. The van der Waals surface area contributed by atoms with E-state index in [9.17, 15) is 0 Å². The summed E-state index contributed by atoms with van der Waals surface area (Å²) in [4.78, 5) is 3.39.